The van der Waals surface area contributed by atoms with Crippen molar-refractivity contribution in [2.45, 2.75) is 23.5 Å². The van der Waals surface area contributed by atoms with Crippen molar-refractivity contribution in [1.82, 2.24) is 13.5 Å². The van der Waals surface area contributed by atoms with Crippen LogP contribution in [0.2, 0.25) is 5.02 Å². The molecule has 34 heavy (non-hydrogen) atoms. The number of carbonyl (C=O) groups excluding carboxylic acids is 1. The van der Waals surface area contributed by atoms with Crippen LogP contribution in [0.25, 0.3) is 0 Å². The molecule has 2 aliphatic rings. The van der Waals surface area contributed by atoms with Gasteiger partial charge in [-0.1, -0.05) is 41.9 Å². The van der Waals surface area contributed by atoms with Gasteiger partial charge in [-0.3, -0.25) is 4.79 Å². The molecule has 0 spiro atoms. The summed E-state index contributed by atoms with van der Waals surface area (Å²) >= 11 is 5.98. The highest BCUT2D eigenvalue weighted by molar-refractivity contribution is 7.89. The Kier molecular flexibility index (Phi) is 7.63. The van der Waals surface area contributed by atoms with E-state index in [1.807, 2.05) is 0 Å². The summed E-state index contributed by atoms with van der Waals surface area (Å²) in [7, 11) is -7.19. The highest BCUT2D eigenvalue weighted by Gasteiger charge is 2.36. The maximum atomic E-state index is 13.2. The number of sulfonamides is 2. The third-order valence-corrected chi connectivity index (χ3v) is 10.3. The molecule has 0 N–H and O–H groups in total. The fraction of sp³-hybridized carbons (Fsp3) is 0.435. The number of halogens is 1. The van der Waals surface area contributed by atoms with E-state index in [1.165, 1.54) is 8.61 Å². The number of piperazine rings is 1. The summed E-state index contributed by atoms with van der Waals surface area (Å²) in [5.74, 6) is -0.704. The topological polar surface area (TPSA) is 95.1 Å². The van der Waals surface area contributed by atoms with Gasteiger partial charge < -0.3 is 4.90 Å². The number of nitrogens with zero attached hydrogens (tertiary/aromatic N) is 3. The molecule has 2 saturated heterocycles. The van der Waals surface area contributed by atoms with E-state index < -0.39 is 26.0 Å². The van der Waals surface area contributed by atoms with Crippen LogP contribution in [0.5, 0.6) is 0 Å². The minimum atomic E-state index is -3.60. The molecule has 8 nitrogen and oxygen atoms in total. The smallest absolute Gasteiger partial charge is 0.243 e. The molecule has 184 valence electrons. The van der Waals surface area contributed by atoms with Gasteiger partial charge in [0, 0.05) is 44.3 Å². The lowest BCUT2D eigenvalue weighted by Gasteiger charge is -2.38. The predicted octanol–water partition coefficient (Wildman–Crippen LogP) is 2.41. The SMILES string of the molecule is O=C(C1CCCN(S(=O)(=O)Cc2cccc(Cl)c2)C1)N1CCN(S(=O)(=O)c2ccccc2)CC1. The zero-order chi connectivity index (χ0) is 24.3. The van der Waals surface area contributed by atoms with Crippen molar-refractivity contribution < 1.29 is 21.6 Å². The Morgan fingerprint density at radius 2 is 1.59 bits per heavy atom. The van der Waals surface area contributed by atoms with Gasteiger partial charge in [0.05, 0.1) is 16.6 Å². The Bertz CT molecular complexity index is 1230. The molecule has 0 aromatic heterocycles. The lowest BCUT2D eigenvalue weighted by molar-refractivity contribution is -0.137. The first-order valence-electron chi connectivity index (χ1n) is 11.2. The number of hydrogen-bond acceptors (Lipinski definition) is 5. The summed E-state index contributed by atoms with van der Waals surface area (Å²) in [4.78, 5) is 15.1. The average Bonchev–Trinajstić information content (AvgIpc) is 2.84. The molecule has 1 unspecified atom stereocenters. The van der Waals surface area contributed by atoms with E-state index >= 15 is 0 Å². The Hall–Kier alpha value is -1.98. The minimum Gasteiger partial charge on any atom is -0.340 e. The molecule has 1 atom stereocenters. The second-order valence-electron chi connectivity index (χ2n) is 8.63. The molecule has 1 amide bonds. The van der Waals surface area contributed by atoms with E-state index in [9.17, 15) is 21.6 Å². The van der Waals surface area contributed by atoms with Crippen LogP contribution < -0.4 is 0 Å². The van der Waals surface area contributed by atoms with Gasteiger partial charge in [-0.2, -0.15) is 4.31 Å². The van der Waals surface area contributed by atoms with Gasteiger partial charge >= 0.3 is 0 Å². The molecular formula is C23H28ClN3O5S2. The molecule has 0 aliphatic carbocycles. The van der Waals surface area contributed by atoms with Crippen molar-refractivity contribution in [1.29, 1.82) is 0 Å². The lowest BCUT2D eigenvalue weighted by atomic mass is 9.98. The monoisotopic (exact) mass is 525 g/mol. The zero-order valence-electron chi connectivity index (χ0n) is 18.7. The molecule has 2 heterocycles. The molecule has 2 aromatic carbocycles. The van der Waals surface area contributed by atoms with Crippen molar-refractivity contribution in [3.8, 4) is 0 Å². The highest BCUT2D eigenvalue weighted by atomic mass is 35.5. The summed E-state index contributed by atoms with van der Waals surface area (Å²) in [6.45, 7) is 1.53. The van der Waals surface area contributed by atoms with Crippen LogP contribution in [0.1, 0.15) is 18.4 Å². The minimum absolute atomic E-state index is 0.112. The van der Waals surface area contributed by atoms with E-state index in [4.69, 9.17) is 11.6 Å². The Morgan fingerprint density at radius 1 is 0.882 bits per heavy atom. The van der Waals surface area contributed by atoms with Crippen molar-refractivity contribution in [3.05, 3.63) is 65.2 Å². The van der Waals surface area contributed by atoms with E-state index in [2.05, 4.69) is 0 Å². The van der Waals surface area contributed by atoms with Crippen LogP contribution in [-0.2, 0) is 30.6 Å². The van der Waals surface area contributed by atoms with Crippen molar-refractivity contribution in [3.63, 3.8) is 0 Å². The second-order valence-corrected chi connectivity index (χ2v) is 13.0. The van der Waals surface area contributed by atoms with E-state index in [-0.39, 0.29) is 49.3 Å². The number of piperidine rings is 1. The molecule has 2 fully saturated rings. The zero-order valence-corrected chi connectivity index (χ0v) is 21.1. The Morgan fingerprint density at radius 3 is 2.26 bits per heavy atom. The number of amides is 1. The highest BCUT2D eigenvalue weighted by Crippen LogP contribution is 2.25. The lowest BCUT2D eigenvalue weighted by Crippen LogP contribution is -2.54. The normalized spacial score (nSPS) is 20.9. The van der Waals surface area contributed by atoms with Crippen LogP contribution in [0.4, 0.5) is 0 Å². The first-order chi connectivity index (χ1) is 16.2. The molecule has 2 aliphatic heterocycles. The summed E-state index contributed by atoms with van der Waals surface area (Å²) in [6, 6.07) is 15.0. The summed E-state index contributed by atoms with van der Waals surface area (Å²) in [5.41, 5.74) is 0.608. The number of carbonyl (C=O) groups is 1. The standard InChI is InChI=1S/C23H28ClN3O5S2/c24-21-8-4-6-19(16-21)18-33(29,30)27-11-5-7-20(17-27)23(28)25-12-14-26(15-13-25)34(31,32)22-9-2-1-3-10-22/h1-4,6,8-10,16,20H,5,7,11-15,17-18H2. The first-order valence-corrected chi connectivity index (χ1v) is 14.7. The first kappa shape index (κ1) is 25.1. The fourth-order valence-electron chi connectivity index (χ4n) is 4.47. The van der Waals surface area contributed by atoms with Crippen molar-refractivity contribution in [2.75, 3.05) is 39.3 Å². The van der Waals surface area contributed by atoms with Crippen molar-refractivity contribution >= 4 is 37.6 Å². The molecule has 0 radical (unpaired) electrons. The molecule has 0 bridgehead atoms. The second kappa shape index (κ2) is 10.3. The molecular weight excluding hydrogens is 498 g/mol. The Balaban J connectivity index is 1.36. The Labute approximate surface area is 206 Å². The van der Waals surface area contributed by atoms with Crippen LogP contribution in [-0.4, -0.2) is 75.5 Å². The van der Waals surface area contributed by atoms with E-state index in [0.29, 0.717) is 30.0 Å². The van der Waals surface area contributed by atoms with Gasteiger partial charge in [0.15, 0.2) is 0 Å². The third kappa shape index (κ3) is 5.63. The predicted molar refractivity (Wildman–Crippen MR) is 130 cm³/mol. The summed E-state index contributed by atoms with van der Waals surface area (Å²) in [6.07, 6.45) is 1.22. The van der Waals surface area contributed by atoms with Crippen LogP contribution in [0.3, 0.4) is 0 Å². The van der Waals surface area contributed by atoms with E-state index in [1.54, 1.807) is 59.5 Å². The quantitative estimate of drug-likeness (QED) is 0.577. The maximum Gasteiger partial charge on any atom is 0.243 e. The summed E-state index contributed by atoms with van der Waals surface area (Å²) < 4.78 is 54.4. The number of hydrogen-bond donors (Lipinski definition) is 0. The third-order valence-electron chi connectivity index (χ3n) is 6.30. The van der Waals surface area contributed by atoms with E-state index in [0.717, 1.165) is 0 Å². The van der Waals surface area contributed by atoms with Gasteiger partial charge in [0.1, 0.15) is 0 Å². The fourth-order valence-corrected chi connectivity index (χ4v) is 7.73. The van der Waals surface area contributed by atoms with Gasteiger partial charge in [-0.15, -0.1) is 0 Å². The van der Waals surface area contributed by atoms with Gasteiger partial charge in [0.2, 0.25) is 26.0 Å². The van der Waals surface area contributed by atoms with Gasteiger partial charge in [-0.05, 0) is 42.7 Å². The van der Waals surface area contributed by atoms with Crippen LogP contribution >= 0.6 is 11.6 Å². The summed E-state index contributed by atoms with van der Waals surface area (Å²) in [5, 5.41) is 0.479. The largest absolute Gasteiger partial charge is 0.340 e. The van der Waals surface area contributed by atoms with Crippen LogP contribution in [0, 0.1) is 5.92 Å². The average molecular weight is 526 g/mol. The number of rotatable bonds is 6. The van der Waals surface area contributed by atoms with Gasteiger partial charge in [0.25, 0.3) is 0 Å². The molecule has 0 saturated carbocycles. The van der Waals surface area contributed by atoms with Crippen LogP contribution in [0.15, 0.2) is 59.5 Å². The molecule has 4 rings (SSSR count). The maximum absolute atomic E-state index is 13.2. The number of benzene rings is 2. The van der Waals surface area contributed by atoms with Gasteiger partial charge in [-0.25, -0.2) is 21.1 Å². The molecule has 11 heteroatoms. The van der Waals surface area contributed by atoms with Crippen molar-refractivity contribution in [2.24, 2.45) is 5.92 Å². The molecule has 2 aromatic rings.